The van der Waals surface area contributed by atoms with Crippen LogP contribution in [0.4, 0.5) is 8.78 Å². The molecule has 0 aromatic carbocycles. The van der Waals surface area contributed by atoms with Crippen LogP contribution in [0.2, 0.25) is 0 Å². The average Bonchev–Trinajstić information content (AvgIpc) is 2.03. The van der Waals surface area contributed by atoms with E-state index in [9.17, 15) is 17.2 Å². The summed E-state index contributed by atoms with van der Waals surface area (Å²) < 4.78 is 45.5. The van der Waals surface area contributed by atoms with E-state index >= 15 is 0 Å². The molecule has 72 valence electrons. The summed E-state index contributed by atoms with van der Waals surface area (Å²) in [6.07, 6.45) is -1.84. The topological polar surface area (TPSA) is 47.0 Å². The van der Waals surface area contributed by atoms with Crippen molar-refractivity contribution in [2.75, 3.05) is 0 Å². The maximum Gasteiger partial charge on any atom is 0.280 e. The van der Waals surface area contributed by atoms with E-state index in [1.807, 2.05) is 0 Å². The highest BCUT2D eigenvalue weighted by atomic mass is 35.7. The molecule has 0 aliphatic rings. The normalized spacial score (nSPS) is 12.0. The average molecular weight is 228 g/mol. The van der Waals surface area contributed by atoms with E-state index in [1.165, 1.54) is 0 Å². The molecular weight excluding hydrogens is 224 g/mol. The minimum atomic E-state index is -3.96. The Labute approximate surface area is 77.8 Å². The number of aromatic nitrogens is 1. The molecule has 0 saturated heterocycles. The van der Waals surface area contributed by atoms with Crippen LogP contribution in [0.1, 0.15) is 12.1 Å². The third kappa shape index (κ3) is 2.60. The first kappa shape index (κ1) is 10.3. The van der Waals surface area contributed by atoms with Gasteiger partial charge in [0.1, 0.15) is 5.69 Å². The van der Waals surface area contributed by atoms with Crippen LogP contribution in [0.3, 0.4) is 0 Å². The molecule has 13 heavy (non-hydrogen) atoms. The fourth-order valence-electron chi connectivity index (χ4n) is 0.699. The SMILES string of the molecule is O=S(=O)(Cl)c1ccnc(C(F)F)c1. The molecule has 0 aliphatic carbocycles. The highest BCUT2D eigenvalue weighted by molar-refractivity contribution is 8.13. The number of hydrogen-bond acceptors (Lipinski definition) is 3. The van der Waals surface area contributed by atoms with Gasteiger partial charge in [0.25, 0.3) is 15.5 Å². The monoisotopic (exact) mass is 227 g/mol. The second kappa shape index (κ2) is 3.55. The van der Waals surface area contributed by atoms with E-state index < -0.39 is 21.2 Å². The van der Waals surface area contributed by atoms with Gasteiger partial charge in [-0.15, -0.1) is 0 Å². The van der Waals surface area contributed by atoms with Crippen molar-refractivity contribution in [1.29, 1.82) is 0 Å². The molecule has 1 aromatic heterocycles. The fourth-order valence-corrected chi connectivity index (χ4v) is 1.47. The molecule has 0 atom stereocenters. The molecule has 1 aromatic rings. The zero-order valence-electron chi connectivity index (χ0n) is 6.12. The van der Waals surface area contributed by atoms with Crippen molar-refractivity contribution in [2.24, 2.45) is 0 Å². The predicted octanol–water partition coefficient (Wildman–Crippen LogP) is 1.95. The molecule has 0 spiro atoms. The van der Waals surface area contributed by atoms with Gasteiger partial charge in [0.15, 0.2) is 0 Å². The zero-order chi connectivity index (χ0) is 10.1. The summed E-state index contributed by atoms with van der Waals surface area (Å²) in [4.78, 5) is 2.90. The Morgan fingerprint density at radius 2 is 2.08 bits per heavy atom. The molecule has 1 rings (SSSR count). The molecular formula is C6H4ClF2NO2S. The third-order valence-electron chi connectivity index (χ3n) is 1.26. The van der Waals surface area contributed by atoms with E-state index in [4.69, 9.17) is 10.7 Å². The molecule has 1 heterocycles. The van der Waals surface area contributed by atoms with Gasteiger partial charge in [-0.2, -0.15) is 0 Å². The van der Waals surface area contributed by atoms with Gasteiger partial charge >= 0.3 is 0 Å². The molecule has 0 bridgehead atoms. The minimum Gasteiger partial charge on any atom is -0.255 e. The Hall–Kier alpha value is -0.750. The van der Waals surface area contributed by atoms with Crippen LogP contribution in [0.15, 0.2) is 23.2 Å². The van der Waals surface area contributed by atoms with Crippen molar-refractivity contribution in [3.8, 4) is 0 Å². The summed E-state index contributed by atoms with van der Waals surface area (Å²) in [5, 5.41) is 0. The van der Waals surface area contributed by atoms with E-state index in [2.05, 4.69) is 4.98 Å². The van der Waals surface area contributed by atoms with Gasteiger partial charge in [-0.3, -0.25) is 4.98 Å². The smallest absolute Gasteiger partial charge is 0.255 e. The van der Waals surface area contributed by atoms with Crippen molar-refractivity contribution < 1.29 is 17.2 Å². The molecule has 0 saturated carbocycles. The van der Waals surface area contributed by atoms with Gasteiger partial charge < -0.3 is 0 Å². The summed E-state index contributed by atoms with van der Waals surface area (Å²) >= 11 is 0. The van der Waals surface area contributed by atoms with Gasteiger partial charge in [0.2, 0.25) is 0 Å². The van der Waals surface area contributed by atoms with Crippen molar-refractivity contribution in [2.45, 2.75) is 11.3 Å². The van der Waals surface area contributed by atoms with Gasteiger partial charge in [0.05, 0.1) is 4.90 Å². The number of pyridine rings is 1. The van der Waals surface area contributed by atoms with Crippen molar-refractivity contribution in [3.05, 3.63) is 24.0 Å². The maximum absolute atomic E-state index is 12.0. The van der Waals surface area contributed by atoms with Crippen LogP contribution in [0, 0.1) is 0 Å². The summed E-state index contributed by atoms with van der Waals surface area (Å²) in [6, 6.07) is 1.79. The summed E-state index contributed by atoms with van der Waals surface area (Å²) in [7, 11) is 0.975. The lowest BCUT2D eigenvalue weighted by Gasteiger charge is -1.99. The van der Waals surface area contributed by atoms with Crippen LogP contribution >= 0.6 is 10.7 Å². The first-order valence-electron chi connectivity index (χ1n) is 3.10. The molecule has 0 N–H and O–H groups in total. The Morgan fingerprint density at radius 1 is 1.46 bits per heavy atom. The Bertz CT molecular complexity index is 407. The summed E-state index contributed by atoms with van der Waals surface area (Å²) in [6.45, 7) is 0. The summed E-state index contributed by atoms with van der Waals surface area (Å²) in [5.41, 5.74) is -0.610. The van der Waals surface area contributed by atoms with E-state index in [0.717, 1.165) is 18.3 Å². The van der Waals surface area contributed by atoms with E-state index in [0.29, 0.717) is 0 Å². The van der Waals surface area contributed by atoms with Crippen LogP contribution in [0.25, 0.3) is 0 Å². The van der Waals surface area contributed by atoms with Gasteiger partial charge in [-0.1, -0.05) is 0 Å². The third-order valence-corrected chi connectivity index (χ3v) is 2.61. The van der Waals surface area contributed by atoms with Gasteiger partial charge in [-0.25, -0.2) is 17.2 Å². The molecule has 0 aliphatic heterocycles. The van der Waals surface area contributed by atoms with Crippen molar-refractivity contribution in [1.82, 2.24) is 4.98 Å². The predicted molar refractivity (Wildman–Crippen MR) is 42.2 cm³/mol. The molecule has 3 nitrogen and oxygen atoms in total. The number of hydrogen-bond donors (Lipinski definition) is 0. The molecule has 0 unspecified atom stereocenters. The quantitative estimate of drug-likeness (QED) is 0.726. The highest BCUT2D eigenvalue weighted by Gasteiger charge is 2.14. The lowest BCUT2D eigenvalue weighted by atomic mass is 10.4. The molecule has 0 radical (unpaired) electrons. The van der Waals surface area contributed by atoms with Crippen molar-refractivity contribution in [3.63, 3.8) is 0 Å². The van der Waals surface area contributed by atoms with Crippen LogP contribution in [-0.4, -0.2) is 13.4 Å². The minimum absolute atomic E-state index is 0.375. The first-order chi connectivity index (χ1) is 5.91. The number of alkyl halides is 2. The number of nitrogens with zero attached hydrogens (tertiary/aromatic N) is 1. The van der Waals surface area contributed by atoms with Crippen LogP contribution in [0.5, 0.6) is 0 Å². The molecule has 7 heteroatoms. The largest absolute Gasteiger partial charge is 0.280 e. The van der Waals surface area contributed by atoms with Crippen molar-refractivity contribution >= 4 is 19.7 Å². The summed E-state index contributed by atoms with van der Waals surface area (Å²) in [5.74, 6) is 0. The van der Waals surface area contributed by atoms with E-state index in [-0.39, 0.29) is 4.90 Å². The Kier molecular flexibility index (Phi) is 2.82. The fraction of sp³-hybridized carbons (Fsp3) is 0.167. The maximum atomic E-state index is 12.0. The van der Waals surface area contributed by atoms with Crippen LogP contribution < -0.4 is 0 Å². The number of halogens is 3. The molecule has 0 amide bonds. The molecule has 0 fully saturated rings. The number of rotatable bonds is 2. The van der Waals surface area contributed by atoms with Gasteiger partial charge in [-0.05, 0) is 12.1 Å². The van der Waals surface area contributed by atoms with E-state index in [1.54, 1.807) is 0 Å². The highest BCUT2D eigenvalue weighted by Crippen LogP contribution is 2.20. The Balaban J connectivity index is 3.21. The first-order valence-corrected chi connectivity index (χ1v) is 5.41. The second-order valence-electron chi connectivity index (χ2n) is 2.15. The second-order valence-corrected chi connectivity index (χ2v) is 4.72. The Morgan fingerprint density at radius 3 is 2.54 bits per heavy atom. The standard InChI is InChI=1S/C6H4ClF2NO2S/c7-13(11,12)4-1-2-10-5(3-4)6(8)9/h1-3,6H. The van der Waals surface area contributed by atoms with Gasteiger partial charge in [0, 0.05) is 16.9 Å². The zero-order valence-corrected chi connectivity index (χ0v) is 7.69. The van der Waals surface area contributed by atoms with Crippen LogP contribution in [-0.2, 0) is 9.05 Å². The lowest BCUT2D eigenvalue weighted by molar-refractivity contribution is 0.146. The lowest BCUT2D eigenvalue weighted by Crippen LogP contribution is -1.95.